The molecule has 26 nitrogen and oxygen atoms in total. The van der Waals surface area contributed by atoms with Crippen molar-refractivity contribution >= 4 is 34.9 Å². The van der Waals surface area contributed by atoms with Crippen molar-refractivity contribution in [1.82, 2.24) is 10.5 Å². The average molecular weight is 794 g/mol. The first-order valence-corrected chi connectivity index (χ1v) is 13.6. The van der Waals surface area contributed by atoms with Gasteiger partial charge in [0.25, 0.3) is 5.91 Å². The zero-order valence-corrected chi connectivity index (χ0v) is 33.7. The number of methoxy groups -OCH3 is 2. The van der Waals surface area contributed by atoms with Crippen molar-refractivity contribution < 1.29 is 108 Å². The molecule has 56 heavy (non-hydrogen) atoms. The van der Waals surface area contributed by atoms with Crippen LogP contribution < -0.4 is 59.6 Å². The maximum Gasteiger partial charge on any atom is 1.00 e. The van der Waals surface area contributed by atoms with Gasteiger partial charge in [0, 0.05) is 29.5 Å². The minimum atomic E-state index is -0.556. The molecule has 1 amide bonds. The van der Waals surface area contributed by atoms with Crippen molar-refractivity contribution in [2.24, 2.45) is 15.6 Å². The molecule has 0 spiro atoms. The number of nitrogens with two attached hydrogens (primary N) is 1. The van der Waals surface area contributed by atoms with Gasteiger partial charge in [-0.1, -0.05) is 10.2 Å². The molecule has 294 valence electrons. The first-order chi connectivity index (χ1) is 25.2. The van der Waals surface area contributed by atoms with Gasteiger partial charge in [-0.15, -0.1) is 4.91 Å². The van der Waals surface area contributed by atoms with E-state index in [-0.39, 0.29) is 99.3 Å². The molecule has 0 saturated carbocycles. The molecule has 3 aromatic carbocycles. The predicted octanol–water partition coefficient (Wildman–Crippen LogP) is -0.372. The van der Waals surface area contributed by atoms with Crippen LogP contribution in [-0.4, -0.2) is 93.3 Å². The summed E-state index contributed by atoms with van der Waals surface area (Å²) < 4.78 is 8.91. The Bertz CT molecular complexity index is 1760. The van der Waals surface area contributed by atoms with Gasteiger partial charge in [-0.25, -0.2) is 20.1 Å². The van der Waals surface area contributed by atoms with Gasteiger partial charge < -0.3 is 56.7 Å². The van der Waals surface area contributed by atoms with E-state index in [1.54, 1.807) is 14.2 Å². The Morgan fingerprint density at radius 1 is 0.750 bits per heavy atom. The third-order valence-electron chi connectivity index (χ3n) is 5.21. The maximum absolute atomic E-state index is 11.6. The van der Waals surface area contributed by atoms with Crippen LogP contribution in [-0.2, 0) is 24.0 Å². The summed E-state index contributed by atoms with van der Waals surface area (Å²) in [6.07, 6.45) is 0. The van der Waals surface area contributed by atoms with E-state index in [4.69, 9.17) is 42.7 Å². The number of nitrogens with zero attached hydrogens (tertiary/aromatic N) is 11. The zero-order chi connectivity index (χ0) is 41.4. The first kappa shape index (κ1) is 62.0. The SMILES string of the molecule is CNOC.COC(=O)c1ccc(O)c(N)c1.COC(=O)c1ccc(O)c(N=[N+]=[N-])c1.CON(C)C(=O)c1ccc(O)c(N=[N+]=[N-])c1.CON=O.[Li+].[N-]=[N+]=[N-].[Na+].[OH-]. The van der Waals surface area contributed by atoms with Gasteiger partial charge in [0.15, 0.2) is 5.34 Å². The smallest absolute Gasteiger partial charge is 0.870 e. The third kappa shape index (κ3) is 26.7. The number of carbonyl (C=O) groups excluding carboxylic acids is 3. The van der Waals surface area contributed by atoms with Gasteiger partial charge in [-0.05, 0) is 65.7 Å². The number of aromatic hydroxyl groups is 3. The number of nitrogens with one attached hydrogen (secondary N) is 1. The number of esters is 2. The number of hydrogen-bond acceptors (Lipinski definition) is 18. The number of carbonyl (C=O) groups is 3. The van der Waals surface area contributed by atoms with E-state index in [1.807, 2.05) is 5.34 Å². The van der Waals surface area contributed by atoms with Gasteiger partial charge in [-0.2, -0.15) is 0 Å². The number of nitrogen functional groups attached to an aromatic ring is 1. The van der Waals surface area contributed by atoms with Gasteiger partial charge in [0.1, 0.15) is 24.4 Å². The van der Waals surface area contributed by atoms with Crippen LogP contribution in [0, 0.1) is 4.91 Å². The second-order valence-corrected chi connectivity index (χ2v) is 8.28. The number of ether oxygens (including phenoxy) is 2. The van der Waals surface area contributed by atoms with Crippen LogP contribution in [0.15, 0.2) is 70.2 Å². The molecule has 0 saturated heterocycles. The largest absolute Gasteiger partial charge is 1.00 e. The van der Waals surface area contributed by atoms with Gasteiger partial charge in [0.2, 0.25) is 0 Å². The Hall–Kier alpha value is -5.96. The summed E-state index contributed by atoms with van der Waals surface area (Å²) in [5.41, 5.74) is 38.7. The Balaban J connectivity index is -0.000000145. The molecule has 0 aliphatic heterocycles. The maximum atomic E-state index is 11.6. The van der Waals surface area contributed by atoms with E-state index in [0.29, 0.717) is 5.56 Å². The number of amides is 1. The van der Waals surface area contributed by atoms with E-state index in [9.17, 15) is 24.6 Å². The van der Waals surface area contributed by atoms with Crippen LogP contribution >= 0.6 is 0 Å². The number of phenolic OH excluding ortho intramolecular Hbond substituents is 3. The molecule has 28 heteroatoms. The van der Waals surface area contributed by atoms with Crippen molar-refractivity contribution in [3.8, 4) is 17.2 Å². The Morgan fingerprint density at radius 2 is 1.09 bits per heavy atom. The van der Waals surface area contributed by atoms with Crippen molar-refractivity contribution in [1.29, 1.82) is 0 Å². The molecule has 0 aliphatic rings. The van der Waals surface area contributed by atoms with E-state index in [0.717, 1.165) is 5.06 Å². The van der Waals surface area contributed by atoms with Gasteiger partial charge in [-0.3, -0.25) is 14.5 Å². The van der Waals surface area contributed by atoms with Crippen molar-refractivity contribution in [2.75, 3.05) is 55.4 Å². The fraction of sp³-hybridized carbons (Fsp3) is 0.250. The monoisotopic (exact) mass is 793 g/mol. The summed E-state index contributed by atoms with van der Waals surface area (Å²) in [7, 11) is 9.80. The molecule has 0 fully saturated rings. The molecular formula is C28H37LiN13NaO13. The fourth-order valence-corrected chi connectivity index (χ4v) is 2.75. The number of anilines is 1. The molecule has 0 aromatic heterocycles. The normalized spacial score (nSPS) is 7.98. The summed E-state index contributed by atoms with van der Waals surface area (Å²) >= 11 is 0. The molecule has 0 radical (unpaired) electrons. The van der Waals surface area contributed by atoms with Crippen molar-refractivity contribution in [3.63, 3.8) is 0 Å². The zero-order valence-electron chi connectivity index (χ0n) is 31.7. The van der Waals surface area contributed by atoms with Gasteiger partial charge >= 0.3 is 60.4 Å². The number of phenols is 3. The Kier molecular flexibility index (Phi) is 42.9. The van der Waals surface area contributed by atoms with Crippen LogP contribution in [0.3, 0.4) is 0 Å². The second-order valence-electron chi connectivity index (χ2n) is 8.28. The Morgan fingerprint density at radius 3 is 1.39 bits per heavy atom. The van der Waals surface area contributed by atoms with Crippen LogP contribution in [0.1, 0.15) is 31.1 Å². The van der Waals surface area contributed by atoms with Crippen LogP contribution in [0.5, 0.6) is 17.2 Å². The molecule has 0 unspecified atom stereocenters. The first-order valence-electron chi connectivity index (χ1n) is 13.6. The summed E-state index contributed by atoms with van der Waals surface area (Å²) in [5.74, 6) is -1.84. The molecule has 7 N–H and O–H groups in total. The van der Waals surface area contributed by atoms with E-state index < -0.39 is 17.8 Å². The molecule has 0 aliphatic carbocycles. The van der Waals surface area contributed by atoms with E-state index in [2.05, 4.69) is 44.7 Å². The van der Waals surface area contributed by atoms with Crippen molar-refractivity contribution in [2.45, 2.75) is 0 Å². The number of benzene rings is 3. The summed E-state index contributed by atoms with van der Waals surface area (Å²) in [6, 6.07) is 12.0. The molecule has 0 atom stereocenters. The quantitative estimate of drug-likeness (QED) is 0.0223. The predicted molar refractivity (Wildman–Crippen MR) is 189 cm³/mol. The molecule has 3 rings (SSSR count). The minimum Gasteiger partial charge on any atom is -0.870 e. The molecule has 0 heterocycles. The average Bonchev–Trinajstić information content (AvgIpc) is 3.17. The summed E-state index contributed by atoms with van der Waals surface area (Å²) in [4.78, 5) is 61.5. The summed E-state index contributed by atoms with van der Waals surface area (Å²) in [5, 5.41) is 37.0. The van der Waals surface area contributed by atoms with Crippen LogP contribution in [0.2, 0.25) is 0 Å². The number of rotatable bonds is 8. The minimum absolute atomic E-state index is 0. The topological polar surface area (TPSA) is 415 Å². The fourth-order valence-electron chi connectivity index (χ4n) is 2.75. The number of azide groups is 2. The summed E-state index contributed by atoms with van der Waals surface area (Å²) in [6.45, 7) is 0. The van der Waals surface area contributed by atoms with E-state index >= 15 is 0 Å². The van der Waals surface area contributed by atoms with Gasteiger partial charge in [0.05, 0.1) is 56.6 Å². The number of hydroxylamine groups is 3. The molecule has 3 aromatic rings. The van der Waals surface area contributed by atoms with Crippen LogP contribution in [0.4, 0.5) is 17.1 Å². The van der Waals surface area contributed by atoms with Crippen LogP contribution in [0.25, 0.3) is 36.9 Å². The second kappa shape index (κ2) is 38.8. The number of hydrogen-bond donors (Lipinski definition) is 5. The third-order valence-corrected chi connectivity index (χ3v) is 5.21. The van der Waals surface area contributed by atoms with E-state index in [1.165, 1.54) is 95.0 Å². The Labute approximate surface area is 352 Å². The molecule has 0 bridgehead atoms. The van der Waals surface area contributed by atoms with Crippen molar-refractivity contribution in [3.05, 3.63) is 113 Å². The standard InChI is InChI=1S/C9H10N4O3.C8H7N3O3.C8H9NO3.C2H7NO.CH3NO2.Li.N3.Na.H2O/c1-13(16-2)9(15)6-3-4-8(14)7(5-6)11-12-10;1-14-8(13)5-2-3-7(12)6(4-5)10-11-9;1-12-8(11)5-2-3-7(10)6(9)4-5;1-3-4-2;1-4-2-3;;1-3-2;;/h3-5,14H,1-2H3;2-4,12H,1H3;2-4,10H,9H2,1H3;3H,1-2H3;1H3;;;;1H2/q;;;;;+1;-1;+1;/p-1. The molecular weight excluding hydrogens is 756 g/mol.